The third-order valence-electron chi connectivity index (χ3n) is 8.57. The van der Waals surface area contributed by atoms with Crippen LogP contribution in [0.4, 0.5) is 0 Å². The Morgan fingerprint density at radius 1 is 0.939 bits per heavy atom. The summed E-state index contributed by atoms with van der Waals surface area (Å²) in [6.45, 7) is 16.3. The highest BCUT2D eigenvalue weighted by atomic mass is 16.5. The van der Waals surface area contributed by atoms with Gasteiger partial charge in [-0.25, -0.2) is 0 Å². The van der Waals surface area contributed by atoms with Crippen LogP contribution in [0.15, 0.2) is 11.1 Å². The Morgan fingerprint density at radius 2 is 1.45 bits per heavy atom. The smallest absolute Gasteiger partial charge is 0.193 e. The molecule has 0 aromatic carbocycles. The van der Waals surface area contributed by atoms with E-state index >= 15 is 0 Å². The number of hydrogen-bond donors (Lipinski definition) is 1. The molecule has 0 aromatic rings. The summed E-state index contributed by atoms with van der Waals surface area (Å²) in [7, 11) is 0. The van der Waals surface area contributed by atoms with Gasteiger partial charge in [0.15, 0.2) is 22.8 Å². The number of rotatable bonds is 13. The van der Waals surface area contributed by atoms with Gasteiger partial charge < -0.3 is 9.84 Å². The molecule has 0 spiro atoms. The van der Waals surface area contributed by atoms with E-state index in [4.69, 9.17) is 4.74 Å². The molecule has 0 amide bonds. The van der Waals surface area contributed by atoms with Crippen molar-refractivity contribution in [3.63, 3.8) is 0 Å². The maximum absolute atomic E-state index is 12.8. The van der Waals surface area contributed by atoms with Crippen LogP contribution in [-0.2, 0) is 14.3 Å². The number of hydrogen-bond acceptors (Lipinski definition) is 4. The molecule has 1 aliphatic heterocycles. The topological polar surface area (TPSA) is 63.6 Å². The van der Waals surface area contributed by atoms with Crippen molar-refractivity contribution < 1.29 is 19.4 Å². The third-order valence-corrected chi connectivity index (χ3v) is 8.57. The van der Waals surface area contributed by atoms with Gasteiger partial charge in [0.1, 0.15) is 0 Å². The number of Topliss-reactive ketones (excluding diaryl/α,β-unsaturated/α-hetero) is 2. The highest BCUT2D eigenvalue weighted by Crippen LogP contribution is 2.54. The molecule has 1 fully saturated rings. The highest BCUT2D eigenvalue weighted by molar-refractivity contribution is 6.13. The Balaban J connectivity index is 1.84. The maximum Gasteiger partial charge on any atom is 0.193 e. The first-order valence-corrected chi connectivity index (χ1v) is 13.5. The SMILES string of the molecule is CC(=O)[C@]12O[C@](C)(CCC[C@@H](C)CCC[C@@H](C)CCCC(C)C)CC[C@]1(O)C(=O)C(C)=C2C. The first-order valence-electron chi connectivity index (χ1n) is 13.5. The zero-order chi connectivity index (χ0) is 25.0. The molecule has 4 heteroatoms. The predicted molar refractivity (Wildman–Crippen MR) is 135 cm³/mol. The first kappa shape index (κ1) is 28.2. The molecule has 33 heavy (non-hydrogen) atoms. The molecular formula is C29H50O4. The second kappa shape index (κ2) is 11.2. The maximum atomic E-state index is 12.8. The van der Waals surface area contributed by atoms with Crippen LogP contribution in [-0.4, -0.2) is 33.5 Å². The summed E-state index contributed by atoms with van der Waals surface area (Å²) in [4.78, 5) is 25.6. The summed E-state index contributed by atoms with van der Waals surface area (Å²) in [5.74, 6) is 1.69. The lowest BCUT2D eigenvalue weighted by Crippen LogP contribution is -2.67. The van der Waals surface area contributed by atoms with Crippen LogP contribution >= 0.6 is 0 Å². The Hall–Kier alpha value is -1.00. The van der Waals surface area contributed by atoms with Crippen molar-refractivity contribution in [3.8, 4) is 0 Å². The fraction of sp³-hybridized carbons (Fsp3) is 0.862. The first-order chi connectivity index (χ1) is 15.3. The van der Waals surface area contributed by atoms with E-state index in [1.54, 1.807) is 13.8 Å². The standard InChI is InChI=1S/C29H50O4/c1-20(2)12-9-13-21(3)14-10-15-22(4)16-11-17-27(8)18-19-28(32)26(31)23(5)24(6)29(28,33-27)25(7)30/h20-22,32H,9-19H2,1-8H3/t21-,22-,27+,28-,29-/m0/s1. The quantitative estimate of drug-likeness (QED) is 0.321. The summed E-state index contributed by atoms with van der Waals surface area (Å²) in [5, 5.41) is 11.3. The molecule has 190 valence electrons. The van der Waals surface area contributed by atoms with Crippen molar-refractivity contribution in [1.29, 1.82) is 0 Å². The Bertz CT molecular complexity index is 738. The Labute approximate surface area is 202 Å². The summed E-state index contributed by atoms with van der Waals surface area (Å²) >= 11 is 0. The lowest BCUT2D eigenvalue weighted by molar-refractivity contribution is -0.238. The van der Waals surface area contributed by atoms with E-state index in [0.29, 0.717) is 23.5 Å². The average molecular weight is 463 g/mol. The summed E-state index contributed by atoms with van der Waals surface area (Å²) < 4.78 is 6.47. The van der Waals surface area contributed by atoms with E-state index in [1.165, 1.54) is 45.4 Å². The molecule has 0 unspecified atom stereocenters. The van der Waals surface area contributed by atoms with Crippen LogP contribution in [0.25, 0.3) is 0 Å². The van der Waals surface area contributed by atoms with Crippen LogP contribution in [0, 0.1) is 17.8 Å². The molecule has 1 saturated heterocycles. The van der Waals surface area contributed by atoms with Gasteiger partial charge in [-0.05, 0) is 75.9 Å². The van der Waals surface area contributed by atoms with Gasteiger partial charge >= 0.3 is 0 Å². The van der Waals surface area contributed by atoms with Crippen LogP contribution in [0.2, 0.25) is 0 Å². The second-order valence-corrected chi connectivity index (χ2v) is 12.1. The zero-order valence-corrected chi connectivity index (χ0v) is 22.7. The van der Waals surface area contributed by atoms with Crippen molar-refractivity contribution in [2.24, 2.45) is 17.8 Å². The number of fused-ring (bicyclic) bond motifs is 1. The molecule has 4 nitrogen and oxygen atoms in total. The van der Waals surface area contributed by atoms with Gasteiger partial charge in [0.2, 0.25) is 0 Å². The van der Waals surface area contributed by atoms with Gasteiger partial charge in [0.05, 0.1) is 5.60 Å². The number of carbonyl (C=O) groups is 2. The van der Waals surface area contributed by atoms with E-state index in [0.717, 1.165) is 31.1 Å². The zero-order valence-electron chi connectivity index (χ0n) is 22.7. The molecule has 0 bridgehead atoms. The van der Waals surface area contributed by atoms with Crippen molar-refractivity contribution in [2.45, 2.75) is 143 Å². The van der Waals surface area contributed by atoms with Crippen LogP contribution in [0.3, 0.4) is 0 Å². The van der Waals surface area contributed by atoms with Gasteiger partial charge in [-0.3, -0.25) is 9.59 Å². The number of ether oxygens (including phenoxy) is 1. The number of ketones is 2. The number of carbonyl (C=O) groups excluding carboxylic acids is 2. The summed E-state index contributed by atoms with van der Waals surface area (Å²) in [5.41, 5.74) is -2.70. The van der Waals surface area contributed by atoms with E-state index in [9.17, 15) is 14.7 Å². The predicted octanol–water partition coefficient (Wildman–Crippen LogP) is 6.97. The molecule has 2 aliphatic rings. The van der Waals surface area contributed by atoms with Crippen LogP contribution < -0.4 is 0 Å². The largest absolute Gasteiger partial charge is 0.378 e. The highest BCUT2D eigenvalue weighted by Gasteiger charge is 2.69. The van der Waals surface area contributed by atoms with E-state index < -0.39 is 16.8 Å². The molecule has 5 atom stereocenters. The molecule has 1 aliphatic carbocycles. The molecule has 1 N–H and O–H groups in total. The van der Waals surface area contributed by atoms with Gasteiger partial charge in [0, 0.05) is 0 Å². The molecule has 2 rings (SSSR count). The lowest BCUT2D eigenvalue weighted by Gasteiger charge is -2.51. The molecule has 1 heterocycles. The Morgan fingerprint density at radius 3 is 1.97 bits per heavy atom. The van der Waals surface area contributed by atoms with Crippen LogP contribution in [0.1, 0.15) is 126 Å². The van der Waals surface area contributed by atoms with Crippen molar-refractivity contribution >= 4 is 11.6 Å². The monoisotopic (exact) mass is 462 g/mol. The fourth-order valence-corrected chi connectivity index (χ4v) is 6.14. The van der Waals surface area contributed by atoms with E-state index in [1.807, 2.05) is 6.92 Å². The summed E-state index contributed by atoms with van der Waals surface area (Å²) in [6, 6.07) is 0. The van der Waals surface area contributed by atoms with Crippen molar-refractivity contribution in [3.05, 3.63) is 11.1 Å². The molecule has 0 radical (unpaired) electrons. The van der Waals surface area contributed by atoms with Crippen molar-refractivity contribution in [1.82, 2.24) is 0 Å². The van der Waals surface area contributed by atoms with Gasteiger partial charge in [-0.2, -0.15) is 0 Å². The molecular weight excluding hydrogens is 412 g/mol. The minimum atomic E-state index is -1.74. The molecule has 0 aromatic heterocycles. The summed E-state index contributed by atoms with van der Waals surface area (Å²) in [6.07, 6.45) is 11.8. The minimum Gasteiger partial charge on any atom is -0.378 e. The number of aliphatic hydroxyl groups is 1. The third kappa shape index (κ3) is 5.99. The van der Waals surface area contributed by atoms with E-state index in [2.05, 4.69) is 27.7 Å². The van der Waals surface area contributed by atoms with Crippen LogP contribution in [0.5, 0.6) is 0 Å². The minimum absolute atomic E-state index is 0.269. The average Bonchev–Trinajstić information content (AvgIpc) is 2.87. The van der Waals surface area contributed by atoms with Crippen molar-refractivity contribution in [2.75, 3.05) is 0 Å². The van der Waals surface area contributed by atoms with Gasteiger partial charge in [-0.15, -0.1) is 0 Å². The van der Waals surface area contributed by atoms with Gasteiger partial charge in [0.25, 0.3) is 0 Å². The lowest BCUT2D eigenvalue weighted by atomic mass is 9.70. The van der Waals surface area contributed by atoms with Gasteiger partial charge in [-0.1, -0.05) is 79.1 Å². The fourth-order valence-electron chi connectivity index (χ4n) is 6.14. The van der Waals surface area contributed by atoms with E-state index in [-0.39, 0.29) is 18.0 Å². The Kier molecular flexibility index (Phi) is 9.55. The normalized spacial score (nSPS) is 31.8. The molecule has 0 saturated carbocycles. The second-order valence-electron chi connectivity index (χ2n) is 12.1.